The summed E-state index contributed by atoms with van der Waals surface area (Å²) in [4.78, 5) is 28.3. The van der Waals surface area contributed by atoms with Gasteiger partial charge in [-0.2, -0.15) is 0 Å². The standard InChI is InChI=1S/C26H20ClNO5/c1-31-22-12-16(9-10-21(22)32-14-15-5-4-6-17(27)11-15)19-13-23(29)33-25-18-7-2-3-8-20(18)28-26(30)24(19)25/h2-12,19H,13-14H2,1H3,(H,28,30). The van der Waals surface area contributed by atoms with E-state index in [0.717, 1.165) is 11.1 Å². The highest BCUT2D eigenvalue weighted by molar-refractivity contribution is 6.30. The molecule has 1 N–H and O–H groups in total. The number of carbonyl (C=O) groups is 1. The zero-order valence-electron chi connectivity index (χ0n) is 17.8. The normalized spacial score (nSPS) is 15.1. The zero-order chi connectivity index (χ0) is 22.9. The van der Waals surface area contributed by atoms with E-state index in [9.17, 15) is 9.59 Å². The SMILES string of the molecule is COc1cc(C2CC(=O)Oc3c2c(=O)[nH]c2ccccc32)ccc1OCc1cccc(Cl)c1. The number of hydrogen-bond acceptors (Lipinski definition) is 5. The van der Waals surface area contributed by atoms with Crippen molar-refractivity contribution in [3.8, 4) is 17.2 Å². The van der Waals surface area contributed by atoms with Crippen LogP contribution in [0.25, 0.3) is 10.9 Å². The maximum atomic E-state index is 13.0. The molecule has 0 fully saturated rings. The Morgan fingerprint density at radius 3 is 2.70 bits per heavy atom. The molecule has 2 heterocycles. The molecule has 0 saturated carbocycles. The first kappa shape index (κ1) is 21.1. The summed E-state index contributed by atoms with van der Waals surface area (Å²) < 4.78 is 17.0. The molecule has 166 valence electrons. The Labute approximate surface area is 194 Å². The van der Waals surface area contributed by atoms with Crippen molar-refractivity contribution in [2.24, 2.45) is 0 Å². The van der Waals surface area contributed by atoms with Gasteiger partial charge in [0.15, 0.2) is 11.5 Å². The first-order chi connectivity index (χ1) is 16.0. The van der Waals surface area contributed by atoms with E-state index in [-0.39, 0.29) is 17.9 Å². The Morgan fingerprint density at radius 1 is 1.03 bits per heavy atom. The fourth-order valence-electron chi connectivity index (χ4n) is 4.17. The van der Waals surface area contributed by atoms with E-state index in [2.05, 4.69) is 4.98 Å². The molecule has 0 bridgehead atoms. The molecule has 33 heavy (non-hydrogen) atoms. The minimum atomic E-state index is -0.467. The number of carbonyl (C=O) groups excluding carboxylic acids is 1. The predicted molar refractivity (Wildman–Crippen MR) is 125 cm³/mol. The van der Waals surface area contributed by atoms with E-state index in [1.54, 1.807) is 31.4 Å². The fraction of sp³-hybridized carbons (Fsp3) is 0.154. The van der Waals surface area contributed by atoms with Gasteiger partial charge in [0.05, 0.1) is 24.6 Å². The summed E-state index contributed by atoms with van der Waals surface area (Å²) in [5.41, 5.74) is 2.47. The van der Waals surface area contributed by atoms with Crippen LogP contribution in [0.5, 0.6) is 17.2 Å². The van der Waals surface area contributed by atoms with Gasteiger partial charge in [-0.3, -0.25) is 9.59 Å². The minimum Gasteiger partial charge on any atom is -0.493 e. The van der Waals surface area contributed by atoms with Crippen LogP contribution in [0.2, 0.25) is 5.02 Å². The molecule has 3 aromatic carbocycles. The average Bonchev–Trinajstić information content (AvgIpc) is 2.82. The number of esters is 1. The van der Waals surface area contributed by atoms with Gasteiger partial charge in [0.1, 0.15) is 12.4 Å². The molecule has 0 spiro atoms. The Bertz CT molecular complexity index is 1430. The number of rotatable bonds is 5. The van der Waals surface area contributed by atoms with Crippen LogP contribution in [-0.2, 0) is 11.4 Å². The third-order valence-electron chi connectivity index (χ3n) is 5.72. The summed E-state index contributed by atoms with van der Waals surface area (Å²) in [7, 11) is 1.55. The number of para-hydroxylation sites is 1. The van der Waals surface area contributed by atoms with Gasteiger partial charge in [0.2, 0.25) is 0 Å². The van der Waals surface area contributed by atoms with Crippen LogP contribution >= 0.6 is 11.6 Å². The summed E-state index contributed by atoms with van der Waals surface area (Å²) in [5.74, 6) is 0.518. The highest BCUT2D eigenvalue weighted by Gasteiger charge is 2.33. The van der Waals surface area contributed by atoms with Gasteiger partial charge < -0.3 is 19.2 Å². The average molecular weight is 462 g/mol. The number of H-pyrrole nitrogens is 1. The monoisotopic (exact) mass is 461 g/mol. The third kappa shape index (κ3) is 4.05. The van der Waals surface area contributed by atoms with Crippen molar-refractivity contribution in [3.05, 3.63) is 98.8 Å². The lowest BCUT2D eigenvalue weighted by Gasteiger charge is -2.25. The lowest BCUT2D eigenvalue weighted by molar-refractivity contribution is -0.135. The van der Waals surface area contributed by atoms with Crippen LogP contribution in [0.1, 0.15) is 29.0 Å². The number of hydrogen-bond donors (Lipinski definition) is 1. The lowest BCUT2D eigenvalue weighted by atomic mass is 9.86. The van der Waals surface area contributed by atoms with E-state index in [1.807, 2.05) is 42.5 Å². The van der Waals surface area contributed by atoms with Gasteiger partial charge in [-0.1, -0.05) is 41.9 Å². The molecule has 5 rings (SSSR count). The largest absolute Gasteiger partial charge is 0.493 e. The Kier molecular flexibility index (Phi) is 5.52. The minimum absolute atomic E-state index is 0.0558. The number of benzene rings is 3. The number of pyridine rings is 1. The van der Waals surface area contributed by atoms with Crippen LogP contribution in [-0.4, -0.2) is 18.1 Å². The Balaban J connectivity index is 1.52. The molecule has 1 atom stereocenters. The molecule has 0 aliphatic carbocycles. The summed E-state index contributed by atoms with van der Waals surface area (Å²) >= 11 is 6.05. The summed E-state index contributed by atoms with van der Waals surface area (Å²) in [6, 6.07) is 20.1. The Hall–Kier alpha value is -3.77. The zero-order valence-corrected chi connectivity index (χ0v) is 18.5. The summed E-state index contributed by atoms with van der Waals surface area (Å²) in [6.07, 6.45) is 0.0558. The maximum Gasteiger partial charge on any atom is 0.312 e. The van der Waals surface area contributed by atoms with Crippen molar-refractivity contribution in [2.75, 3.05) is 7.11 Å². The highest BCUT2D eigenvalue weighted by atomic mass is 35.5. The first-order valence-corrected chi connectivity index (χ1v) is 10.8. The molecular weight excluding hydrogens is 442 g/mol. The van der Waals surface area contributed by atoms with Gasteiger partial charge in [-0.25, -0.2) is 0 Å². The van der Waals surface area contributed by atoms with Gasteiger partial charge in [0.25, 0.3) is 5.56 Å². The molecule has 1 aliphatic heterocycles. The second-order valence-electron chi connectivity index (χ2n) is 7.80. The first-order valence-electron chi connectivity index (χ1n) is 10.4. The predicted octanol–water partition coefficient (Wildman–Crippen LogP) is 5.21. The van der Waals surface area contributed by atoms with E-state index >= 15 is 0 Å². The quantitative estimate of drug-likeness (QED) is 0.413. The van der Waals surface area contributed by atoms with Gasteiger partial charge >= 0.3 is 5.97 Å². The second-order valence-corrected chi connectivity index (χ2v) is 8.24. The smallest absolute Gasteiger partial charge is 0.312 e. The summed E-state index contributed by atoms with van der Waals surface area (Å²) in [5, 5.41) is 1.33. The van der Waals surface area contributed by atoms with Crippen molar-refractivity contribution < 1.29 is 19.0 Å². The second kappa shape index (κ2) is 8.64. The van der Waals surface area contributed by atoms with E-state index in [0.29, 0.717) is 45.3 Å². The van der Waals surface area contributed by atoms with E-state index in [1.165, 1.54) is 0 Å². The maximum absolute atomic E-state index is 13.0. The molecule has 0 saturated heterocycles. The lowest BCUT2D eigenvalue weighted by Crippen LogP contribution is -2.28. The van der Waals surface area contributed by atoms with Crippen LogP contribution in [0.3, 0.4) is 0 Å². The molecule has 7 heteroatoms. The number of nitrogens with one attached hydrogen (secondary N) is 1. The summed E-state index contributed by atoms with van der Waals surface area (Å²) in [6.45, 7) is 0.320. The molecule has 1 aliphatic rings. The molecule has 1 unspecified atom stereocenters. The molecular formula is C26H20ClNO5. The van der Waals surface area contributed by atoms with E-state index < -0.39 is 5.92 Å². The van der Waals surface area contributed by atoms with Crippen molar-refractivity contribution in [1.82, 2.24) is 4.98 Å². The number of fused-ring (bicyclic) bond motifs is 3. The third-order valence-corrected chi connectivity index (χ3v) is 5.95. The van der Waals surface area contributed by atoms with Crippen LogP contribution < -0.4 is 19.8 Å². The van der Waals surface area contributed by atoms with Crippen LogP contribution in [0.4, 0.5) is 0 Å². The van der Waals surface area contributed by atoms with E-state index in [4.69, 9.17) is 25.8 Å². The molecule has 6 nitrogen and oxygen atoms in total. The van der Waals surface area contributed by atoms with Gasteiger partial charge in [-0.15, -0.1) is 0 Å². The van der Waals surface area contributed by atoms with Crippen molar-refractivity contribution >= 4 is 28.5 Å². The van der Waals surface area contributed by atoms with Crippen LogP contribution in [0.15, 0.2) is 71.5 Å². The number of methoxy groups -OCH3 is 1. The number of ether oxygens (including phenoxy) is 3. The van der Waals surface area contributed by atoms with Crippen molar-refractivity contribution in [3.63, 3.8) is 0 Å². The fourth-order valence-corrected chi connectivity index (χ4v) is 4.38. The number of aromatic amines is 1. The van der Waals surface area contributed by atoms with Crippen LogP contribution in [0, 0.1) is 0 Å². The molecule has 4 aromatic rings. The molecule has 0 amide bonds. The van der Waals surface area contributed by atoms with Gasteiger partial charge in [-0.05, 0) is 47.5 Å². The van der Waals surface area contributed by atoms with Crippen molar-refractivity contribution in [2.45, 2.75) is 18.9 Å². The van der Waals surface area contributed by atoms with Crippen molar-refractivity contribution in [1.29, 1.82) is 0 Å². The Morgan fingerprint density at radius 2 is 1.88 bits per heavy atom. The molecule has 1 aromatic heterocycles. The number of aromatic nitrogens is 1. The number of halogens is 1. The molecule has 0 radical (unpaired) electrons. The highest BCUT2D eigenvalue weighted by Crippen LogP contribution is 2.42. The topological polar surface area (TPSA) is 77.6 Å². The van der Waals surface area contributed by atoms with Gasteiger partial charge in [0, 0.05) is 16.3 Å².